The van der Waals surface area contributed by atoms with E-state index in [0.29, 0.717) is 11.2 Å². The second-order valence-electron chi connectivity index (χ2n) is 7.94. The van der Waals surface area contributed by atoms with Gasteiger partial charge in [-0.15, -0.1) is 0 Å². The van der Waals surface area contributed by atoms with E-state index < -0.39 is 5.69 Å². The summed E-state index contributed by atoms with van der Waals surface area (Å²) in [5.74, 6) is 1.55. The number of nitrogens with one attached hydrogen (secondary N) is 2. The lowest BCUT2D eigenvalue weighted by molar-refractivity contribution is 0.325. The third-order valence-corrected chi connectivity index (χ3v) is 6.10. The molecule has 2 fully saturated rings. The summed E-state index contributed by atoms with van der Waals surface area (Å²) < 4.78 is 3.51. The lowest BCUT2D eigenvalue weighted by Crippen LogP contribution is -2.31. The van der Waals surface area contributed by atoms with Crippen LogP contribution in [0.4, 0.5) is 5.95 Å². The molecule has 2 N–H and O–H groups in total. The van der Waals surface area contributed by atoms with Crippen LogP contribution in [-0.2, 0) is 13.6 Å². The Kier molecular flexibility index (Phi) is 5.33. The number of aromatic nitrogens is 4. The summed E-state index contributed by atoms with van der Waals surface area (Å²) in [5, 5.41) is 3.41. The van der Waals surface area contributed by atoms with E-state index in [1.807, 2.05) is 0 Å². The largest absolute Gasteiger partial charge is 0.341 e. The zero-order chi connectivity index (χ0) is 18.8. The van der Waals surface area contributed by atoms with Gasteiger partial charge < -0.3 is 14.8 Å². The number of aryl methyl sites for hydroxylation is 2. The second kappa shape index (κ2) is 7.88. The van der Waals surface area contributed by atoms with Crippen LogP contribution in [0.3, 0.4) is 0 Å². The number of imidazole rings is 1. The number of fused-ring (bicyclic) bond motifs is 1. The minimum absolute atomic E-state index is 0.330. The predicted octanol–water partition coefficient (Wildman–Crippen LogP) is 1.19. The molecule has 1 aliphatic carbocycles. The fourth-order valence-electron chi connectivity index (χ4n) is 4.51. The van der Waals surface area contributed by atoms with Crippen molar-refractivity contribution in [2.75, 3.05) is 31.1 Å². The molecule has 2 aromatic rings. The van der Waals surface area contributed by atoms with Gasteiger partial charge in [0.25, 0.3) is 5.56 Å². The Morgan fingerprint density at radius 2 is 1.89 bits per heavy atom. The van der Waals surface area contributed by atoms with E-state index in [-0.39, 0.29) is 5.56 Å². The molecule has 8 heteroatoms. The molecule has 4 rings (SSSR count). The van der Waals surface area contributed by atoms with Gasteiger partial charge in [0.1, 0.15) is 0 Å². The monoisotopic (exact) mass is 374 g/mol. The number of hydrogen-bond acceptors (Lipinski definition) is 5. The van der Waals surface area contributed by atoms with E-state index in [2.05, 4.69) is 19.8 Å². The summed E-state index contributed by atoms with van der Waals surface area (Å²) in [7, 11) is 1.67. The van der Waals surface area contributed by atoms with E-state index in [0.717, 1.165) is 57.4 Å². The number of aromatic amines is 1. The van der Waals surface area contributed by atoms with Crippen molar-refractivity contribution in [1.82, 2.24) is 24.4 Å². The van der Waals surface area contributed by atoms with Gasteiger partial charge in [-0.1, -0.05) is 32.1 Å². The number of H-pyrrole nitrogens is 1. The molecule has 148 valence electrons. The van der Waals surface area contributed by atoms with Gasteiger partial charge in [0.2, 0.25) is 5.95 Å². The topological polar surface area (TPSA) is 87.9 Å². The van der Waals surface area contributed by atoms with Gasteiger partial charge >= 0.3 is 5.69 Å². The molecular weight excluding hydrogens is 344 g/mol. The van der Waals surface area contributed by atoms with Gasteiger partial charge in [0, 0.05) is 33.2 Å². The average molecular weight is 374 g/mol. The van der Waals surface area contributed by atoms with Crippen molar-refractivity contribution in [2.45, 2.75) is 51.5 Å². The molecule has 27 heavy (non-hydrogen) atoms. The van der Waals surface area contributed by atoms with Crippen LogP contribution in [0.15, 0.2) is 9.59 Å². The van der Waals surface area contributed by atoms with Crippen LogP contribution in [0, 0.1) is 5.92 Å². The summed E-state index contributed by atoms with van der Waals surface area (Å²) >= 11 is 0. The summed E-state index contributed by atoms with van der Waals surface area (Å²) in [6.45, 7) is 4.45. The highest BCUT2D eigenvalue weighted by Crippen LogP contribution is 2.28. The van der Waals surface area contributed by atoms with Gasteiger partial charge in [-0.3, -0.25) is 14.3 Å². The predicted molar refractivity (Wildman–Crippen MR) is 106 cm³/mol. The Balaban J connectivity index is 1.74. The highest BCUT2D eigenvalue weighted by Gasteiger charge is 2.23. The normalized spacial score (nSPS) is 19.5. The van der Waals surface area contributed by atoms with Gasteiger partial charge in [-0.2, -0.15) is 4.98 Å². The van der Waals surface area contributed by atoms with Crippen LogP contribution < -0.4 is 21.5 Å². The Morgan fingerprint density at radius 1 is 1.07 bits per heavy atom. The Bertz CT molecular complexity index is 897. The molecule has 0 atom stereocenters. The van der Waals surface area contributed by atoms with Crippen molar-refractivity contribution in [3.05, 3.63) is 20.8 Å². The highest BCUT2D eigenvalue weighted by atomic mass is 16.2. The minimum atomic E-state index is -0.409. The molecule has 0 unspecified atom stereocenters. The third kappa shape index (κ3) is 3.67. The molecule has 0 spiro atoms. The minimum Gasteiger partial charge on any atom is -0.341 e. The standard InChI is InChI=1S/C19H30N6O2/c1-23-16-15(17(26)22-19(23)27)25(12-8-14-6-3-2-4-7-14)18(21-16)24-11-5-9-20-10-13-24/h14,20H,2-13H2,1H3,(H,22,26,27). The van der Waals surface area contributed by atoms with E-state index >= 15 is 0 Å². The molecular formula is C19H30N6O2. The van der Waals surface area contributed by atoms with Crippen LogP contribution in [0.2, 0.25) is 0 Å². The van der Waals surface area contributed by atoms with Crippen molar-refractivity contribution < 1.29 is 0 Å². The average Bonchev–Trinajstić information content (AvgIpc) is 2.86. The van der Waals surface area contributed by atoms with E-state index in [4.69, 9.17) is 4.98 Å². The third-order valence-electron chi connectivity index (χ3n) is 6.10. The Morgan fingerprint density at radius 3 is 2.70 bits per heavy atom. The zero-order valence-electron chi connectivity index (χ0n) is 16.2. The molecule has 2 aromatic heterocycles. The molecule has 8 nitrogen and oxygen atoms in total. The number of hydrogen-bond donors (Lipinski definition) is 2. The van der Waals surface area contributed by atoms with E-state index in [1.165, 1.54) is 36.7 Å². The highest BCUT2D eigenvalue weighted by molar-refractivity contribution is 5.74. The molecule has 1 saturated heterocycles. The van der Waals surface area contributed by atoms with Gasteiger partial charge in [0.05, 0.1) is 0 Å². The van der Waals surface area contributed by atoms with Gasteiger partial charge in [-0.05, 0) is 25.3 Å². The van der Waals surface area contributed by atoms with Crippen molar-refractivity contribution in [3.8, 4) is 0 Å². The van der Waals surface area contributed by atoms with Crippen LogP contribution in [0.25, 0.3) is 11.2 Å². The maximum atomic E-state index is 12.6. The van der Waals surface area contributed by atoms with Gasteiger partial charge in [-0.25, -0.2) is 4.79 Å². The number of nitrogens with zero attached hydrogens (tertiary/aromatic N) is 4. The molecule has 3 heterocycles. The molecule has 2 aliphatic rings. The fourth-order valence-corrected chi connectivity index (χ4v) is 4.51. The number of rotatable bonds is 4. The van der Waals surface area contributed by atoms with E-state index in [1.54, 1.807) is 7.05 Å². The molecule has 1 saturated carbocycles. The van der Waals surface area contributed by atoms with Crippen molar-refractivity contribution >= 4 is 17.1 Å². The SMILES string of the molecule is Cn1c(=O)[nH]c(=O)c2c1nc(N1CCCNCC1)n2CCC1CCCCC1. The maximum Gasteiger partial charge on any atom is 0.329 e. The molecule has 0 amide bonds. The smallest absolute Gasteiger partial charge is 0.329 e. The fraction of sp³-hybridized carbons (Fsp3) is 0.737. The summed E-state index contributed by atoms with van der Waals surface area (Å²) in [4.78, 5) is 34.1. The lowest BCUT2D eigenvalue weighted by atomic mass is 9.87. The first-order valence-corrected chi connectivity index (χ1v) is 10.3. The zero-order valence-corrected chi connectivity index (χ0v) is 16.2. The van der Waals surface area contributed by atoms with Crippen LogP contribution in [-0.4, -0.2) is 45.3 Å². The first-order valence-electron chi connectivity index (χ1n) is 10.3. The first kappa shape index (κ1) is 18.3. The molecule has 0 radical (unpaired) electrons. The Hall–Kier alpha value is -2.09. The molecule has 0 aromatic carbocycles. The van der Waals surface area contributed by atoms with Crippen LogP contribution in [0.5, 0.6) is 0 Å². The molecule has 0 bridgehead atoms. The molecule has 1 aliphatic heterocycles. The summed E-state index contributed by atoms with van der Waals surface area (Å²) in [6.07, 6.45) is 8.64. The quantitative estimate of drug-likeness (QED) is 0.839. The first-order chi connectivity index (χ1) is 13.1. The summed E-state index contributed by atoms with van der Waals surface area (Å²) in [6, 6.07) is 0. The van der Waals surface area contributed by atoms with Crippen LogP contribution in [0.1, 0.15) is 44.9 Å². The van der Waals surface area contributed by atoms with Crippen LogP contribution >= 0.6 is 0 Å². The second-order valence-corrected chi connectivity index (χ2v) is 7.94. The van der Waals surface area contributed by atoms with E-state index in [9.17, 15) is 9.59 Å². The maximum absolute atomic E-state index is 12.6. The number of anilines is 1. The van der Waals surface area contributed by atoms with Crippen molar-refractivity contribution in [1.29, 1.82) is 0 Å². The van der Waals surface area contributed by atoms with Gasteiger partial charge in [0.15, 0.2) is 11.2 Å². The lowest BCUT2D eigenvalue weighted by Gasteiger charge is -2.25. The van der Waals surface area contributed by atoms with Crippen molar-refractivity contribution in [3.63, 3.8) is 0 Å². The summed E-state index contributed by atoms with van der Waals surface area (Å²) in [5.41, 5.74) is 0.275. The Labute approximate surface area is 158 Å². The van der Waals surface area contributed by atoms with Crippen molar-refractivity contribution in [2.24, 2.45) is 13.0 Å².